The molecule has 0 unspecified atom stereocenters. The lowest BCUT2D eigenvalue weighted by Gasteiger charge is -2.10. The molecule has 4 nitrogen and oxygen atoms in total. The standard InChI is InChI=1S/C16H11FN2O2/c17-12-6-4-5-11(9-12)10-14-15(20)19(16(21)18-14)13-7-2-1-3-8-13/h1-10H,(H,18,21)/b14-10+. The molecule has 0 atom stereocenters. The molecule has 1 aliphatic rings. The number of nitrogens with zero attached hydrogens (tertiary/aromatic N) is 1. The summed E-state index contributed by atoms with van der Waals surface area (Å²) >= 11 is 0. The topological polar surface area (TPSA) is 49.4 Å². The van der Waals surface area contributed by atoms with E-state index < -0.39 is 17.8 Å². The number of nitrogens with one attached hydrogen (secondary N) is 1. The number of rotatable bonds is 2. The highest BCUT2D eigenvalue weighted by Crippen LogP contribution is 2.21. The molecule has 104 valence electrons. The molecule has 3 amide bonds. The quantitative estimate of drug-likeness (QED) is 0.680. The number of hydrogen-bond acceptors (Lipinski definition) is 2. The summed E-state index contributed by atoms with van der Waals surface area (Å²) in [6.07, 6.45) is 1.45. The minimum Gasteiger partial charge on any atom is -0.302 e. The number of hydrogen-bond donors (Lipinski definition) is 1. The Hall–Kier alpha value is -2.95. The van der Waals surface area contributed by atoms with Crippen molar-refractivity contribution in [1.82, 2.24) is 5.32 Å². The van der Waals surface area contributed by atoms with Gasteiger partial charge < -0.3 is 5.32 Å². The van der Waals surface area contributed by atoms with E-state index in [0.29, 0.717) is 11.3 Å². The highest BCUT2D eigenvalue weighted by atomic mass is 19.1. The molecule has 2 aromatic rings. The molecule has 1 saturated heterocycles. The number of anilines is 1. The van der Waals surface area contributed by atoms with Gasteiger partial charge in [0.25, 0.3) is 5.91 Å². The van der Waals surface area contributed by atoms with Gasteiger partial charge in [-0.1, -0.05) is 30.3 Å². The van der Waals surface area contributed by atoms with Gasteiger partial charge in [0.05, 0.1) is 5.69 Å². The maximum absolute atomic E-state index is 13.1. The molecule has 0 saturated carbocycles. The fourth-order valence-corrected chi connectivity index (χ4v) is 2.11. The highest BCUT2D eigenvalue weighted by Gasteiger charge is 2.34. The summed E-state index contributed by atoms with van der Waals surface area (Å²) in [5.74, 6) is -0.864. The van der Waals surface area contributed by atoms with Crippen molar-refractivity contribution in [3.8, 4) is 0 Å². The summed E-state index contributed by atoms with van der Waals surface area (Å²) in [5.41, 5.74) is 1.12. The van der Waals surface area contributed by atoms with Gasteiger partial charge in [0.1, 0.15) is 11.5 Å². The lowest BCUT2D eigenvalue weighted by Crippen LogP contribution is -2.30. The molecule has 3 rings (SSSR count). The van der Waals surface area contributed by atoms with Gasteiger partial charge in [-0.25, -0.2) is 14.1 Å². The molecular weight excluding hydrogens is 271 g/mol. The second-order valence-corrected chi connectivity index (χ2v) is 4.52. The fraction of sp³-hybridized carbons (Fsp3) is 0. The first kappa shape index (κ1) is 13.1. The van der Waals surface area contributed by atoms with Crippen molar-refractivity contribution < 1.29 is 14.0 Å². The van der Waals surface area contributed by atoms with Crippen LogP contribution in [0, 0.1) is 5.82 Å². The van der Waals surface area contributed by atoms with Crippen LogP contribution >= 0.6 is 0 Å². The number of para-hydroxylation sites is 1. The third kappa shape index (κ3) is 2.53. The van der Waals surface area contributed by atoms with Crippen molar-refractivity contribution in [2.24, 2.45) is 0 Å². The lowest BCUT2D eigenvalue weighted by atomic mass is 10.2. The third-order valence-corrected chi connectivity index (χ3v) is 3.05. The Bertz CT molecular complexity index is 741. The Morgan fingerprint density at radius 3 is 2.48 bits per heavy atom. The zero-order chi connectivity index (χ0) is 14.8. The van der Waals surface area contributed by atoms with Gasteiger partial charge in [0.15, 0.2) is 0 Å². The molecule has 5 heteroatoms. The molecule has 1 aliphatic heterocycles. The summed E-state index contributed by atoms with van der Waals surface area (Å²) < 4.78 is 13.1. The van der Waals surface area contributed by atoms with Crippen molar-refractivity contribution in [3.63, 3.8) is 0 Å². The molecule has 1 N–H and O–H groups in total. The summed E-state index contributed by atoms with van der Waals surface area (Å²) in [4.78, 5) is 25.3. The maximum atomic E-state index is 13.1. The molecule has 0 bridgehead atoms. The molecule has 1 heterocycles. The second-order valence-electron chi connectivity index (χ2n) is 4.52. The van der Waals surface area contributed by atoms with Crippen LogP contribution < -0.4 is 10.2 Å². The average Bonchev–Trinajstić information content (AvgIpc) is 2.74. The van der Waals surface area contributed by atoms with Crippen LogP contribution in [0.15, 0.2) is 60.3 Å². The minimum atomic E-state index is -0.520. The largest absolute Gasteiger partial charge is 0.333 e. The monoisotopic (exact) mass is 282 g/mol. The predicted molar refractivity (Wildman–Crippen MR) is 76.8 cm³/mol. The zero-order valence-corrected chi connectivity index (χ0v) is 10.9. The van der Waals surface area contributed by atoms with E-state index in [9.17, 15) is 14.0 Å². The number of halogens is 1. The van der Waals surface area contributed by atoms with Gasteiger partial charge in [-0.15, -0.1) is 0 Å². The van der Waals surface area contributed by atoms with Gasteiger partial charge in [0, 0.05) is 0 Å². The van der Waals surface area contributed by atoms with Crippen LogP contribution in [0.1, 0.15) is 5.56 Å². The smallest absolute Gasteiger partial charge is 0.302 e. The van der Waals surface area contributed by atoms with Crippen LogP contribution in [0.25, 0.3) is 6.08 Å². The molecule has 2 aromatic carbocycles. The van der Waals surface area contributed by atoms with E-state index in [1.807, 2.05) is 0 Å². The Morgan fingerprint density at radius 2 is 1.76 bits per heavy atom. The Kier molecular flexibility index (Phi) is 3.23. The molecule has 0 radical (unpaired) electrons. The third-order valence-electron chi connectivity index (χ3n) is 3.05. The summed E-state index contributed by atoms with van der Waals surface area (Å²) in [6.45, 7) is 0. The number of benzene rings is 2. The van der Waals surface area contributed by atoms with Crippen LogP contribution in [0.2, 0.25) is 0 Å². The normalized spacial score (nSPS) is 16.4. The SMILES string of the molecule is O=C1N/C(=C/c2cccc(F)c2)C(=O)N1c1ccccc1. The van der Waals surface area contributed by atoms with Gasteiger partial charge in [-0.3, -0.25) is 4.79 Å². The van der Waals surface area contributed by atoms with Gasteiger partial charge in [-0.05, 0) is 35.9 Å². The van der Waals surface area contributed by atoms with Crippen LogP contribution in [0.3, 0.4) is 0 Å². The molecular formula is C16H11FN2O2. The van der Waals surface area contributed by atoms with E-state index in [2.05, 4.69) is 5.32 Å². The molecule has 21 heavy (non-hydrogen) atoms. The highest BCUT2D eigenvalue weighted by molar-refractivity contribution is 6.28. The van der Waals surface area contributed by atoms with Crippen LogP contribution in [-0.4, -0.2) is 11.9 Å². The number of imide groups is 1. The van der Waals surface area contributed by atoms with Gasteiger partial charge in [0.2, 0.25) is 0 Å². The zero-order valence-electron chi connectivity index (χ0n) is 10.9. The Labute approximate surface area is 120 Å². The Balaban J connectivity index is 1.94. The first-order chi connectivity index (χ1) is 10.1. The molecule has 0 aliphatic carbocycles. The average molecular weight is 282 g/mol. The van der Waals surface area contributed by atoms with Gasteiger partial charge >= 0.3 is 6.03 Å². The minimum absolute atomic E-state index is 0.120. The van der Waals surface area contributed by atoms with E-state index in [0.717, 1.165) is 4.90 Å². The molecule has 0 aromatic heterocycles. The molecule has 0 spiro atoms. The summed E-state index contributed by atoms with van der Waals surface area (Å²) in [5, 5.41) is 2.50. The van der Waals surface area contributed by atoms with E-state index in [-0.39, 0.29) is 5.70 Å². The van der Waals surface area contributed by atoms with E-state index in [1.165, 1.54) is 24.3 Å². The fourth-order valence-electron chi connectivity index (χ4n) is 2.11. The predicted octanol–water partition coefficient (Wildman–Crippen LogP) is 2.92. The van der Waals surface area contributed by atoms with Crippen molar-refractivity contribution in [1.29, 1.82) is 0 Å². The van der Waals surface area contributed by atoms with Crippen LogP contribution in [0.5, 0.6) is 0 Å². The van der Waals surface area contributed by atoms with E-state index in [4.69, 9.17) is 0 Å². The van der Waals surface area contributed by atoms with Crippen molar-refractivity contribution >= 4 is 23.7 Å². The Morgan fingerprint density at radius 1 is 1.00 bits per heavy atom. The van der Waals surface area contributed by atoms with Crippen molar-refractivity contribution in [2.45, 2.75) is 0 Å². The molecule has 1 fully saturated rings. The van der Waals surface area contributed by atoms with Crippen LogP contribution in [-0.2, 0) is 4.79 Å². The van der Waals surface area contributed by atoms with Gasteiger partial charge in [-0.2, -0.15) is 0 Å². The first-order valence-electron chi connectivity index (χ1n) is 6.33. The number of carbonyl (C=O) groups is 2. The van der Waals surface area contributed by atoms with Crippen LogP contribution in [0.4, 0.5) is 14.9 Å². The maximum Gasteiger partial charge on any atom is 0.333 e. The lowest BCUT2D eigenvalue weighted by molar-refractivity contribution is -0.113. The van der Waals surface area contributed by atoms with Crippen molar-refractivity contribution in [3.05, 3.63) is 71.7 Å². The number of urea groups is 1. The number of carbonyl (C=O) groups excluding carboxylic acids is 2. The summed E-state index contributed by atoms with van der Waals surface area (Å²) in [7, 11) is 0. The van der Waals surface area contributed by atoms with Crippen molar-refractivity contribution in [2.75, 3.05) is 4.90 Å². The second kappa shape index (κ2) is 5.20. The van der Waals surface area contributed by atoms with E-state index >= 15 is 0 Å². The first-order valence-corrected chi connectivity index (χ1v) is 6.33. The van der Waals surface area contributed by atoms with E-state index in [1.54, 1.807) is 36.4 Å². The summed E-state index contributed by atoms with van der Waals surface area (Å²) in [6, 6.07) is 13.9. The number of amides is 3.